The summed E-state index contributed by atoms with van der Waals surface area (Å²) in [6.45, 7) is 2.94. The summed E-state index contributed by atoms with van der Waals surface area (Å²) in [5.74, 6) is 0. The first kappa shape index (κ1) is 11.7. The normalized spacial score (nSPS) is 31.9. The summed E-state index contributed by atoms with van der Waals surface area (Å²) in [7, 11) is 0. The molecule has 0 spiro atoms. The van der Waals surface area contributed by atoms with E-state index in [1.165, 1.54) is 32.1 Å². The number of hydrogen-bond acceptors (Lipinski definition) is 3. The highest BCUT2D eigenvalue weighted by atomic mass is 32.1. The Labute approximate surface area is 107 Å². The lowest BCUT2D eigenvalue weighted by molar-refractivity contribution is -0.0129. The summed E-state index contributed by atoms with van der Waals surface area (Å²) >= 11 is 1.93. The zero-order chi connectivity index (χ0) is 11.7. The summed E-state index contributed by atoms with van der Waals surface area (Å²) in [5.41, 5.74) is 1.57. The van der Waals surface area contributed by atoms with E-state index < -0.39 is 0 Å². The average molecular weight is 251 g/mol. The van der Waals surface area contributed by atoms with Crippen molar-refractivity contribution in [2.75, 3.05) is 6.61 Å². The molecule has 3 rings (SSSR count). The maximum Gasteiger partial charge on any atom is 0.0604 e. The number of nitrogens with one attached hydrogen (secondary N) is 1. The van der Waals surface area contributed by atoms with Gasteiger partial charge in [-0.2, -0.15) is 0 Å². The van der Waals surface area contributed by atoms with Crippen LogP contribution in [-0.2, 0) is 11.2 Å². The smallest absolute Gasteiger partial charge is 0.0604 e. The highest BCUT2D eigenvalue weighted by Gasteiger charge is 2.32. The molecule has 1 aromatic heterocycles. The van der Waals surface area contributed by atoms with E-state index in [1.807, 2.05) is 11.3 Å². The first-order chi connectivity index (χ1) is 8.36. The van der Waals surface area contributed by atoms with Gasteiger partial charge in [-0.3, -0.25) is 0 Å². The molecule has 1 saturated carbocycles. The minimum atomic E-state index is 0.517. The molecule has 2 nitrogen and oxygen atoms in total. The summed E-state index contributed by atoms with van der Waals surface area (Å²) < 4.78 is 5.61. The van der Waals surface area contributed by atoms with E-state index in [0.717, 1.165) is 6.61 Å². The van der Waals surface area contributed by atoms with E-state index in [9.17, 15) is 0 Å². The van der Waals surface area contributed by atoms with Gasteiger partial charge in [0.15, 0.2) is 0 Å². The van der Waals surface area contributed by atoms with E-state index in [-0.39, 0.29) is 0 Å². The Morgan fingerprint density at radius 1 is 1.47 bits per heavy atom. The van der Waals surface area contributed by atoms with Crippen molar-refractivity contribution in [2.45, 2.75) is 57.2 Å². The molecule has 0 radical (unpaired) electrons. The second kappa shape index (κ2) is 5.09. The number of fused-ring (bicyclic) bond motifs is 1. The second-order valence-corrected chi connectivity index (χ2v) is 6.16. The molecule has 1 heterocycles. The molecule has 1 fully saturated rings. The lowest BCUT2D eigenvalue weighted by Crippen LogP contribution is -2.47. The Morgan fingerprint density at radius 3 is 3.18 bits per heavy atom. The van der Waals surface area contributed by atoms with Gasteiger partial charge in [-0.25, -0.2) is 0 Å². The minimum absolute atomic E-state index is 0.517. The largest absolute Gasteiger partial charge is 0.378 e. The van der Waals surface area contributed by atoms with Crippen LogP contribution in [0.1, 0.15) is 49.1 Å². The van der Waals surface area contributed by atoms with E-state index in [0.29, 0.717) is 18.2 Å². The molecule has 94 valence electrons. The first-order valence-corrected chi connectivity index (χ1v) is 7.68. The fraction of sp³-hybridized carbons (Fsp3) is 0.714. The minimum Gasteiger partial charge on any atom is -0.378 e. The molecule has 2 aliphatic rings. The van der Waals surface area contributed by atoms with Gasteiger partial charge in [-0.05, 0) is 56.0 Å². The van der Waals surface area contributed by atoms with Gasteiger partial charge in [0.25, 0.3) is 0 Å². The Bertz CT molecular complexity index is 370. The van der Waals surface area contributed by atoms with Crippen LogP contribution in [0.15, 0.2) is 11.4 Å². The number of hydrogen-bond donors (Lipinski definition) is 1. The van der Waals surface area contributed by atoms with Crippen LogP contribution in [0.25, 0.3) is 0 Å². The molecule has 1 atom stereocenters. The molecule has 17 heavy (non-hydrogen) atoms. The Balaban J connectivity index is 1.54. The van der Waals surface area contributed by atoms with Crippen LogP contribution >= 0.6 is 11.3 Å². The topological polar surface area (TPSA) is 21.3 Å². The maximum absolute atomic E-state index is 5.61. The zero-order valence-electron chi connectivity index (χ0n) is 10.4. The highest BCUT2D eigenvalue weighted by Crippen LogP contribution is 2.35. The average Bonchev–Trinajstić information content (AvgIpc) is 2.75. The van der Waals surface area contributed by atoms with E-state index in [4.69, 9.17) is 4.74 Å². The van der Waals surface area contributed by atoms with Gasteiger partial charge in [-0.1, -0.05) is 0 Å². The molecule has 0 aromatic carbocycles. The molecule has 1 N–H and O–H groups in total. The monoisotopic (exact) mass is 251 g/mol. The zero-order valence-corrected chi connectivity index (χ0v) is 11.3. The fourth-order valence-corrected chi connectivity index (χ4v) is 4.01. The lowest BCUT2D eigenvalue weighted by Gasteiger charge is -2.39. The molecule has 0 saturated heterocycles. The molecule has 1 aromatic rings. The van der Waals surface area contributed by atoms with Crippen LogP contribution in [0.5, 0.6) is 0 Å². The molecule has 1 unspecified atom stereocenters. The number of aryl methyl sites for hydroxylation is 1. The Morgan fingerprint density at radius 2 is 2.35 bits per heavy atom. The van der Waals surface area contributed by atoms with Crippen molar-refractivity contribution in [2.24, 2.45) is 0 Å². The van der Waals surface area contributed by atoms with Crippen molar-refractivity contribution in [1.82, 2.24) is 5.32 Å². The van der Waals surface area contributed by atoms with Crippen molar-refractivity contribution in [3.05, 3.63) is 21.9 Å². The lowest BCUT2D eigenvalue weighted by atomic mass is 9.86. The highest BCUT2D eigenvalue weighted by molar-refractivity contribution is 7.10. The summed E-state index contributed by atoms with van der Waals surface area (Å²) in [6, 6.07) is 3.61. The van der Waals surface area contributed by atoms with Crippen molar-refractivity contribution >= 4 is 11.3 Å². The second-order valence-electron chi connectivity index (χ2n) is 5.16. The first-order valence-electron chi connectivity index (χ1n) is 6.80. The van der Waals surface area contributed by atoms with Gasteiger partial charge in [-0.15, -0.1) is 11.3 Å². The number of thiophene rings is 1. The van der Waals surface area contributed by atoms with Gasteiger partial charge in [0.1, 0.15) is 0 Å². The Hall–Kier alpha value is -0.380. The van der Waals surface area contributed by atoms with Crippen molar-refractivity contribution in [3.8, 4) is 0 Å². The third-order valence-electron chi connectivity index (χ3n) is 3.99. The van der Waals surface area contributed by atoms with Gasteiger partial charge < -0.3 is 10.1 Å². The summed E-state index contributed by atoms with van der Waals surface area (Å²) in [5, 5.41) is 6.06. The number of ether oxygens (including phenoxy) is 1. The Kier molecular flexibility index (Phi) is 3.50. The third-order valence-corrected chi connectivity index (χ3v) is 4.98. The maximum atomic E-state index is 5.61. The standard InChI is InChI=1S/C14H21NOS/c1-2-16-11-8-10(9-11)15-13-4-3-5-14-12(13)6-7-17-14/h6-7,10-11,13,15H,2-5,8-9H2,1H3. The van der Waals surface area contributed by atoms with Gasteiger partial charge in [0, 0.05) is 23.6 Å². The fourth-order valence-electron chi connectivity index (χ4n) is 3.02. The quantitative estimate of drug-likeness (QED) is 0.886. The molecule has 3 heteroatoms. The predicted octanol–water partition coefficient (Wildman–Crippen LogP) is 3.28. The molecular formula is C14H21NOS. The van der Waals surface area contributed by atoms with Gasteiger partial charge in [0.05, 0.1) is 6.10 Å². The van der Waals surface area contributed by atoms with Crippen LogP contribution in [0, 0.1) is 0 Å². The van der Waals surface area contributed by atoms with Crippen molar-refractivity contribution < 1.29 is 4.74 Å². The van der Waals surface area contributed by atoms with E-state index >= 15 is 0 Å². The predicted molar refractivity (Wildman–Crippen MR) is 71.6 cm³/mol. The molecular weight excluding hydrogens is 230 g/mol. The molecule has 0 bridgehead atoms. The summed E-state index contributed by atoms with van der Waals surface area (Å²) in [6.07, 6.45) is 6.85. The van der Waals surface area contributed by atoms with Crippen molar-refractivity contribution in [1.29, 1.82) is 0 Å². The van der Waals surface area contributed by atoms with E-state index in [1.54, 1.807) is 10.4 Å². The SMILES string of the molecule is CCOC1CC(NC2CCCc3sccc32)C1. The molecule has 0 amide bonds. The van der Waals surface area contributed by atoms with Gasteiger partial charge in [0.2, 0.25) is 0 Å². The van der Waals surface area contributed by atoms with Gasteiger partial charge >= 0.3 is 0 Å². The molecule has 0 aliphatic heterocycles. The number of rotatable bonds is 4. The van der Waals surface area contributed by atoms with Crippen LogP contribution in [0.2, 0.25) is 0 Å². The van der Waals surface area contributed by atoms with Crippen molar-refractivity contribution in [3.63, 3.8) is 0 Å². The van der Waals surface area contributed by atoms with Crippen LogP contribution in [0.3, 0.4) is 0 Å². The van der Waals surface area contributed by atoms with Crippen LogP contribution < -0.4 is 5.32 Å². The third kappa shape index (κ3) is 2.42. The van der Waals surface area contributed by atoms with Crippen LogP contribution in [0.4, 0.5) is 0 Å². The summed E-state index contributed by atoms with van der Waals surface area (Å²) in [4.78, 5) is 1.61. The molecule has 2 aliphatic carbocycles. The van der Waals surface area contributed by atoms with Crippen LogP contribution in [-0.4, -0.2) is 18.8 Å². The van der Waals surface area contributed by atoms with E-state index in [2.05, 4.69) is 23.7 Å².